The second kappa shape index (κ2) is 6.85. The average Bonchev–Trinajstić information content (AvgIpc) is 2.04. The predicted octanol–water partition coefficient (Wildman–Crippen LogP) is -0.615. The van der Waals surface area contributed by atoms with Gasteiger partial charge in [-0.05, 0) is 0 Å². The van der Waals surface area contributed by atoms with E-state index in [2.05, 4.69) is 37.2 Å². The van der Waals surface area contributed by atoms with Crippen LogP contribution in [0.2, 0.25) is 0 Å². The molecule has 6 heteroatoms. The van der Waals surface area contributed by atoms with Gasteiger partial charge in [-0.2, -0.15) is 12.6 Å². The number of methoxy groups -OCH3 is 1. The fourth-order valence-electron chi connectivity index (χ4n) is 0.442. The molecule has 0 aliphatic heterocycles. The van der Waals surface area contributed by atoms with Gasteiger partial charge in [0.05, 0.1) is 19.0 Å². The summed E-state index contributed by atoms with van der Waals surface area (Å²) in [5, 5.41) is 5.72. The molecule has 0 rings (SSSR count). The van der Waals surface area contributed by atoms with Crippen LogP contribution in [0.25, 0.3) is 0 Å². The Bertz CT molecular complexity index is 125. The van der Waals surface area contributed by atoms with Gasteiger partial charge in [0.1, 0.15) is 0 Å². The molecule has 0 aromatic heterocycles. The molecule has 0 aromatic rings. The summed E-state index contributed by atoms with van der Waals surface area (Å²) in [7, 11) is 3.70. The van der Waals surface area contributed by atoms with Crippen molar-refractivity contribution in [2.75, 3.05) is 20.2 Å². The highest BCUT2D eigenvalue weighted by molar-refractivity contribution is 7.81. The number of nitrogens with one attached hydrogen (secondary N) is 2. The van der Waals surface area contributed by atoms with E-state index < -0.39 is 0 Å². The molecular formula is C5H13N2O2PS. The molecule has 0 radical (unpaired) electrons. The number of ether oxygens (including phenoxy) is 1. The van der Waals surface area contributed by atoms with Gasteiger partial charge in [0.2, 0.25) is 0 Å². The Labute approximate surface area is 74.1 Å². The Morgan fingerprint density at radius 2 is 2.45 bits per heavy atom. The predicted molar refractivity (Wildman–Crippen MR) is 50.5 cm³/mol. The molecule has 0 saturated heterocycles. The third-order valence-electron chi connectivity index (χ3n) is 1.03. The van der Waals surface area contributed by atoms with Crippen LogP contribution in [0, 0.1) is 0 Å². The van der Waals surface area contributed by atoms with E-state index in [0.717, 1.165) is 0 Å². The van der Waals surface area contributed by atoms with Gasteiger partial charge in [-0.3, -0.25) is 9.88 Å². The number of thiol groups is 1. The zero-order valence-electron chi connectivity index (χ0n) is 6.33. The summed E-state index contributed by atoms with van der Waals surface area (Å²) in [6, 6.07) is 0. The minimum atomic E-state index is -0.269. The van der Waals surface area contributed by atoms with Crippen LogP contribution in [0.1, 0.15) is 0 Å². The quantitative estimate of drug-likeness (QED) is 0.237. The van der Waals surface area contributed by atoms with Crippen molar-refractivity contribution in [3.63, 3.8) is 0 Å². The van der Waals surface area contributed by atoms with Crippen molar-refractivity contribution in [2.24, 2.45) is 0 Å². The van der Waals surface area contributed by atoms with Crippen LogP contribution < -0.4 is 10.4 Å². The lowest BCUT2D eigenvalue weighted by Crippen LogP contribution is -2.33. The van der Waals surface area contributed by atoms with E-state index >= 15 is 0 Å². The lowest BCUT2D eigenvalue weighted by molar-refractivity contribution is -0.139. The van der Waals surface area contributed by atoms with E-state index in [0.29, 0.717) is 6.54 Å². The summed E-state index contributed by atoms with van der Waals surface area (Å²) >= 11 is 4.12. The third kappa shape index (κ3) is 6.56. The zero-order valence-corrected chi connectivity index (χ0v) is 8.38. The number of hydrogen-bond acceptors (Lipinski definition) is 5. The number of esters is 1. The molecule has 4 nitrogen and oxygen atoms in total. The average molecular weight is 196 g/mol. The molecule has 2 N–H and O–H groups in total. The molecule has 0 bridgehead atoms. The first-order chi connectivity index (χ1) is 5.20. The first-order valence-electron chi connectivity index (χ1n) is 3.12. The van der Waals surface area contributed by atoms with Gasteiger partial charge in [-0.1, -0.05) is 9.39 Å². The smallest absolute Gasteiger partial charge is 0.319 e. The molecule has 11 heavy (non-hydrogen) atoms. The maximum atomic E-state index is 10.5. The molecule has 2 unspecified atom stereocenters. The zero-order chi connectivity index (χ0) is 8.69. The minimum absolute atomic E-state index is 0.0321. The van der Waals surface area contributed by atoms with Crippen LogP contribution in [0.3, 0.4) is 0 Å². The van der Waals surface area contributed by atoms with Crippen molar-refractivity contribution in [3.8, 4) is 0 Å². The molecule has 0 aromatic carbocycles. The van der Waals surface area contributed by atoms with Gasteiger partial charge >= 0.3 is 5.97 Å². The molecule has 0 saturated carbocycles. The van der Waals surface area contributed by atoms with Crippen molar-refractivity contribution >= 4 is 28.0 Å². The summed E-state index contributed by atoms with van der Waals surface area (Å²) in [4.78, 5) is 10.5. The fraction of sp³-hybridized carbons (Fsp3) is 0.800. The van der Waals surface area contributed by atoms with E-state index in [4.69, 9.17) is 0 Å². The normalized spacial score (nSPS) is 12.6. The van der Waals surface area contributed by atoms with Crippen molar-refractivity contribution in [2.45, 2.75) is 5.37 Å². The van der Waals surface area contributed by atoms with Crippen LogP contribution in [-0.2, 0) is 9.53 Å². The second-order valence-electron chi connectivity index (χ2n) is 1.89. The molecule has 0 fully saturated rings. The van der Waals surface area contributed by atoms with Crippen LogP contribution in [0.15, 0.2) is 0 Å². The maximum Gasteiger partial charge on any atom is 0.319 e. The highest BCUT2D eigenvalue weighted by Gasteiger charge is 2.01. The monoisotopic (exact) mass is 196 g/mol. The van der Waals surface area contributed by atoms with Crippen molar-refractivity contribution in [3.05, 3.63) is 0 Å². The van der Waals surface area contributed by atoms with E-state index in [-0.39, 0.29) is 17.9 Å². The Morgan fingerprint density at radius 3 is 2.91 bits per heavy atom. The molecule has 0 amide bonds. The molecular weight excluding hydrogens is 183 g/mol. The summed E-state index contributed by atoms with van der Waals surface area (Å²) in [5.41, 5.74) is 0. The van der Waals surface area contributed by atoms with Crippen molar-refractivity contribution in [1.29, 1.82) is 0 Å². The Kier molecular flexibility index (Phi) is 6.96. The largest absolute Gasteiger partial charge is 0.468 e. The summed E-state index contributed by atoms with van der Waals surface area (Å²) in [6.45, 7) is 0.835. The molecule has 0 heterocycles. The number of rotatable bonds is 5. The van der Waals surface area contributed by atoms with Gasteiger partial charge in [-0.25, -0.2) is 0 Å². The molecule has 0 aliphatic rings. The van der Waals surface area contributed by atoms with Gasteiger partial charge in [0, 0.05) is 6.54 Å². The molecule has 2 atom stereocenters. The summed E-state index contributed by atoms with van der Waals surface area (Å²) in [5.74, 6) is -0.269. The summed E-state index contributed by atoms with van der Waals surface area (Å²) in [6.07, 6.45) is 0. The van der Waals surface area contributed by atoms with Gasteiger partial charge in [-0.15, -0.1) is 0 Å². The van der Waals surface area contributed by atoms with E-state index in [1.807, 2.05) is 0 Å². The Balaban J connectivity index is 3.20. The number of hydrogen-bond donors (Lipinski definition) is 3. The fourth-order valence-corrected chi connectivity index (χ4v) is 0.689. The van der Waals surface area contributed by atoms with Crippen molar-refractivity contribution in [1.82, 2.24) is 10.4 Å². The first-order valence-corrected chi connectivity index (χ1v) is 4.21. The standard InChI is InChI=1S/C5H13N2O2PS/c1-9-5(8)3-6-2-4(11)7-10/h4,6-7,11H,2-3,10H2,1H3. The Hall–Kier alpha value is 0.170. The maximum absolute atomic E-state index is 10.5. The highest BCUT2D eigenvalue weighted by atomic mass is 32.1. The molecule has 0 aliphatic carbocycles. The topological polar surface area (TPSA) is 50.4 Å². The van der Waals surface area contributed by atoms with Crippen LogP contribution in [-0.4, -0.2) is 31.5 Å². The third-order valence-corrected chi connectivity index (χ3v) is 2.04. The minimum Gasteiger partial charge on any atom is -0.468 e. The van der Waals surface area contributed by atoms with Gasteiger partial charge in [0.15, 0.2) is 0 Å². The van der Waals surface area contributed by atoms with Crippen LogP contribution in [0.5, 0.6) is 0 Å². The molecule has 66 valence electrons. The van der Waals surface area contributed by atoms with Crippen LogP contribution in [0.4, 0.5) is 0 Å². The second-order valence-corrected chi connectivity index (χ2v) is 2.85. The van der Waals surface area contributed by atoms with E-state index in [1.165, 1.54) is 7.11 Å². The lowest BCUT2D eigenvalue weighted by Gasteiger charge is -2.08. The van der Waals surface area contributed by atoms with Gasteiger partial charge < -0.3 is 10.1 Å². The summed E-state index contributed by atoms with van der Waals surface area (Å²) < 4.78 is 4.41. The first kappa shape index (κ1) is 11.2. The van der Waals surface area contributed by atoms with Crippen molar-refractivity contribution < 1.29 is 9.53 Å². The number of carbonyl (C=O) groups excluding carboxylic acids is 1. The van der Waals surface area contributed by atoms with E-state index in [9.17, 15) is 4.79 Å². The highest BCUT2D eigenvalue weighted by Crippen LogP contribution is 1.89. The van der Waals surface area contributed by atoms with Gasteiger partial charge in [0.25, 0.3) is 0 Å². The Morgan fingerprint density at radius 1 is 1.82 bits per heavy atom. The van der Waals surface area contributed by atoms with E-state index in [1.54, 1.807) is 0 Å². The SMILES string of the molecule is COC(=O)CNCC(S)NP. The lowest BCUT2D eigenvalue weighted by atomic mass is 10.6. The number of carbonyl (C=O) groups is 1. The van der Waals surface area contributed by atoms with Crippen LogP contribution >= 0.6 is 22.0 Å². The molecule has 0 spiro atoms.